The summed E-state index contributed by atoms with van der Waals surface area (Å²) in [4.78, 5) is 12.0. The second-order valence-electron chi connectivity index (χ2n) is 3.81. The van der Waals surface area contributed by atoms with Crippen LogP contribution in [0.2, 0.25) is 0 Å². The molecule has 1 aliphatic rings. The fourth-order valence-corrected chi connectivity index (χ4v) is 1.78. The predicted molar refractivity (Wildman–Crippen MR) is 52.3 cm³/mol. The Hall–Kier alpha value is -0.810. The molecule has 0 radical (unpaired) electrons. The molecule has 1 heterocycles. The van der Waals surface area contributed by atoms with Gasteiger partial charge in [0.1, 0.15) is 0 Å². The summed E-state index contributed by atoms with van der Waals surface area (Å²) in [5, 5.41) is 21.9. The fraction of sp³-hybridized carbons (Fsp3) is 0.889. The number of hydrogen-bond donors (Lipinski definition) is 3. The lowest BCUT2D eigenvalue weighted by molar-refractivity contribution is -0.0233. The van der Waals surface area contributed by atoms with Gasteiger partial charge in [-0.2, -0.15) is 0 Å². The van der Waals surface area contributed by atoms with Crippen molar-refractivity contribution in [3.05, 3.63) is 0 Å². The molecule has 1 aliphatic heterocycles. The van der Waals surface area contributed by atoms with Gasteiger partial charge in [0.2, 0.25) is 0 Å². The summed E-state index contributed by atoms with van der Waals surface area (Å²) in [6.45, 7) is 3.96. The summed E-state index contributed by atoms with van der Waals surface area (Å²) in [6, 6.07) is 0. The Morgan fingerprint density at radius 2 is 2.36 bits per heavy atom. The number of nitrogens with zero attached hydrogens (tertiary/aromatic N) is 1. The minimum absolute atomic E-state index is 0.218. The maximum Gasteiger partial charge on any atom is 0.407 e. The molecule has 0 aromatic carbocycles. The lowest BCUT2D eigenvalue weighted by Gasteiger charge is -2.37. The summed E-state index contributed by atoms with van der Waals surface area (Å²) in [5.74, 6) is 0. The monoisotopic (exact) mass is 202 g/mol. The maximum atomic E-state index is 10.7. The van der Waals surface area contributed by atoms with Gasteiger partial charge in [0, 0.05) is 13.1 Å². The highest BCUT2D eigenvalue weighted by Crippen LogP contribution is 2.20. The molecule has 1 fully saturated rings. The van der Waals surface area contributed by atoms with Gasteiger partial charge in [-0.05, 0) is 19.4 Å². The molecule has 1 amide bonds. The lowest BCUT2D eigenvalue weighted by atomic mass is 9.93. The van der Waals surface area contributed by atoms with Crippen molar-refractivity contribution in [3.8, 4) is 0 Å². The smallest absolute Gasteiger partial charge is 0.407 e. The Balaban J connectivity index is 2.48. The molecule has 0 aromatic heterocycles. The molecule has 0 bridgehead atoms. The zero-order valence-electron chi connectivity index (χ0n) is 8.49. The molecule has 1 atom stereocenters. The number of aliphatic hydroxyl groups is 1. The standard InChI is InChI=1S/C9H18N2O3/c1-2-10-6-9(14)4-3-5-11(7-9)8(12)13/h10,14H,2-7H2,1H3,(H,12,13). The van der Waals surface area contributed by atoms with Crippen molar-refractivity contribution in [2.75, 3.05) is 26.2 Å². The lowest BCUT2D eigenvalue weighted by Crippen LogP contribution is -2.54. The van der Waals surface area contributed by atoms with Crippen LogP contribution >= 0.6 is 0 Å². The molecular formula is C9H18N2O3. The summed E-state index contributed by atoms with van der Waals surface area (Å²) >= 11 is 0. The molecular weight excluding hydrogens is 184 g/mol. The van der Waals surface area contributed by atoms with Gasteiger partial charge >= 0.3 is 6.09 Å². The van der Waals surface area contributed by atoms with E-state index in [1.165, 1.54) is 4.90 Å². The molecule has 0 aromatic rings. The summed E-state index contributed by atoms with van der Waals surface area (Å²) in [7, 11) is 0. The maximum absolute atomic E-state index is 10.7. The van der Waals surface area contributed by atoms with Gasteiger partial charge < -0.3 is 20.4 Å². The first kappa shape index (κ1) is 11.3. The van der Waals surface area contributed by atoms with Crippen molar-refractivity contribution in [2.45, 2.75) is 25.4 Å². The van der Waals surface area contributed by atoms with Gasteiger partial charge in [0.15, 0.2) is 0 Å². The number of hydrogen-bond acceptors (Lipinski definition) is 3. The first-order valence-corrected chi connectivity index (χ1v) is 4.98. The number of amides is 1. The number of rotatable bonds is 3. The van der Waals surface area contributed by atoms with E-state index in [4.69, 9.17) is 5.11 Å². The molecule has 0 saturated carbocycles. The average molecular weight is 202 g/mol. The van der Waals surface area contributed by atoms with Crippen LogP contribution in [0.5, 0.6) is 0 Å². The molecule has 5 heteroatoms. The van der Waals surface area contributed by atoms with E-state index in [2.05, 4.69) is 5.32 Å². The molecule has 0 spiro atoms. The number of carbonyl (C=O) groups is 1. The van der Waals surface area contributed by atoms with Crippen molar-refractivity contribution < 1.29 is 15.0 Å². The Kier molecular flexibility index (Phi) is 3.71. The number of likely N-dealkylation sites (tertiary alicyclic amines) is 1. The van der Waals surface area contributed by atoms with Crippen molar-refractivity contribution in [2.24, 2.45) is 0 Å². The normalized spacial score (nSPS) is 27.7. The highest BCUT2D eigenvalue weighted by Gasteiger charge is 2.34. The molecule has 82 valence electrons. The zero-order chi connectivity index (χ0) is 10.6. The number of nitrogens with one attached hydrogen (secondary N) is 1. The third-order valence-electron chi connectivity index (χ3n) is 2.53. The zero-order valence-corrected chi connectivity index (χ0v) is 8.49. The van der Waals surface area contributed by atoms with E-state index in [0.717, 1.165) is 13.0 Å². The van der Waals surface area contributed by atoms with Gasteiger partial charge in [0.05, 0.1) is 12.1 Å². The Labute approximate surface area is 83.7 Å². The van der Waals surface area contributed by atoms with E-state index >= 15 is 0 Å². The topological polar surface area (TPSA) is 72.8 Å². The van der Waals surface area contributed by atoms with Crippen LogP contribution in [-0.2, 0) is 0 Å². The Morgan fingerprint density at radius 3 is 2.93 bits per heavy atom. The Bertz CT molecular complexity index is 210. The fourth-order valence-electron chi connectivity index (χ4n) is 1.78. The number of piperidine rings is 1. The van der Waals surface area contributed by atoms with Gasteiger partial charge in [-0.1, -0.05) is 6.92 Å². The molecule has 0 aliphatic carbocycles. The first-order valence-electron chi connectivity index (χ1n) is 4.98. The quantitative estimate of drug-likeness (QED) is 0.607. The van der Waals surface area contributed by atoms with Crippen LogP contribution in [0.1, 0.15) is 19.8 Å². The van der Waals surface area contributed by atoms with E-state index in [0.29, 0.717) is 19.5 Å². The highest BCUT2D eigenvalue weighted by atomic mass is 16.4. The van der Waals surface area contributed by atoms with Gasteiger partial charge in [0.25, 0.3) is 0 Å². The highest BCUT2D eigenvalue weighted by molar-refractivity contribution is 5.65. The molecule has 14 heavy (non-hydrogen) atoms. The van der Waals surface area contributed by atoms with Gasteiger partial charge in [-0.3, -0.25) is 0 Å². The Morgan fingerprint density at radius 1 is 1.64 bits per heavy atom. The molecule has 1 rings (SSSR count). The van der Waals surface area contributed by atoms with E-state index in [-0.39, 0.29) is 6.54 Å². The van der Waals surface area contributed by atoms with Gasteiger partial charge in [-0.15, -0.1) is 0 Å². The van der Waals surface area contributed by atoms with E-state index in [9.17, 15) is 9.90 Å². The van der Waals surface area contributed by atoms with Crippen LogP contribution in [0, 0.1) is 0 Å². The molecule has 1 saturated heterocycles. The van der Waals surface area contributed by atoms with Crippen LogP contribution in [0.25, 0.3) is 0 Å². The van der Waals surface area contributed by atoms with Gasteiger partial charge in [-0.25, -0.2) is 4.79 Å². The van der Waals surface area contributed by atoms with Crippen molar-refractivity contribution >= 4 is 6.09 Å². The third kappa shape index (κ3) is 2.85. The summed E-state index contributed by atoms with van der Waals surface area (Å²) in [6.07, 6.45) is 0.456. The molecule has 1 unspecified atom stereocenters. The predicted octanol–water partition coefficient (Wildman–Crippen LogP) is 0.101. The number of carboxylic acid groups (broad SMARTS) is 1. The second-order valence-corrected chi connectivity index (χ2v) is 3.81. The third-order valence-corrected chi connectivity index (χ3v) is 2.53. The molecule has 5 nitrogen and oxygen atoms in total. The van der Waals surface area contributed by atoms with E-state index in [1.807, 2.05) is 6.92 Å². The van der Waals surface area contributed by atoms with Crippen LogP contribution in [0.15, 0.2) is 0 Å². The first-order chi connectivity index (χ1) is 6.57. The number of likely N-dealkylation sites (N-methyl/N-ethyl adjacent to an activating group) is 1. The second kappa shape index (κ2) is 4.61. The van der Waals surface area contributed by atoms with Crippen molar-refractivity contribution in [1.82, 2.24) is 10.2 Å². The van der Waals surface area contributed by atoms with Crippen LogP contribution in [-0.4, -0.2) is 53.0 Å². The van der Waals surface area contributed by atoms with E-state index < -0.39 is 11.7 Å². The minimum Gasteiger partial charge on any atom is -0.465 e. The van der Waals surface area contributed by atoms with Crippen LogP contribution < -0.4 is 5.32 Å². The summed E-state index contributed by atoms with van der Waals surface area (Å²) < 4.78 is 0. The minimum atomic E-state index is -0.945. The van der Waals surface area contributed by atoms with E-state index in [1.54, 1.807) is 0 Å². The summed E-state index contributed by atoms with van der Waals surface area (Å²) in [5.41, 5.74) is -0.882. The van der Waals surface area contributed by atoms with Crippen molar-refractivity contribution in [1.29, 1.82) is 0 Å². The number of β-amino-alcohol motifs (C(OH)–C–C–N with tert-alkyl or cyclic N) is 1. The van der Waals surface area contributed by atoms with Crippen molar-refractivity contribution in [3.63, 3.8) is 0 Å². The average Bonchev–Trinajstić information content (AvgIpc) is 2.15. The SMILES string of the molecule is CCNCC1(O)CCCN(C(=O)O)C1. The van der Waals surface area contributed by atoms with Crippen LogP contribution in [0.4, 0.5) is 4.79 Å². The largest absolute Gasteiger partial charge is 0.465 e. The van der Waals surface area contributed by atoms with Crippen LogP contribution in [0.3, 0.4) is 0 Å². The molecule has 3 N–H and O–H groups in total.